The highest BCUT2D eigenvalue weighted by Crippen LogP contribution is 2.36. The van der Waals surface area contributed by atoms with Gasteiger partial charge in [0.1, 0.15) is 0 Å². The van der Waals surface area contributed by atoms with Gasteiger partial charge in [-0.3, -0.25) is 9.97 Å². The quantitative estimate of drug-likeness (QED) is 0.210. The Hall–Kier alpha value is -5.93. The molecule has 0 radical (unpaired) electrons. The molecule has 0 N–H and O–H groups in total. The summed E-state index contributed by atoms with van der Waals surface area (Å²) in [6, 6.07) is 53.1. The predicted octanol–water partition coefficient (Wildman–Crippen LogP) is 10.5. The van der Waals surface area contributed by atoms with Crippen molar-refractivity contribution in [2.45, 2.75) is 0 Å². The molecule has 44 heavy (non-hydrogen) atoms. The number of benzene rings is 5. The Kier molecular flexibility index (Phi) is 6.47. The third-order valence-corrected chi connectivity index (χ3v) is 8.10. The Bertz CT molecular complexity index is 2120. The van der Waals surface area contributed by atoms with Crippen LogP contribution in [0.25, 0.3) is 77.7 Å². The molecule has 0 saturated carbocycles. The molecule has 8 rings (SSSR count). The lowest BCUT2D eigenvalue weighted by molar-refractivity contribution is 1.31. The first-order chi connectivity index (χ1) is 21.8. The fraction of sp³-hybridized carbons (Fsp3) is 0. The summed E-state index contributed by atoms with van der Waals surface area (Å²) in [6.07, 6.45) is 3.68. The number of pyridine rings is 3. The zero-order valence-corrected chi connectivity index (χ0v) is 23.9. The average molecular weight is 562 g/mol. The van der Waals surface area contributed by atoms with E-state index < -0.39 is 0 Å². The van der Waals surface area contributed by atoms with Crippen LogP contribution in [0, 0.1) is 0 Å². The van der Waals surface area contributed by atoms with Crippen molar-refractivity contribution in [2.24, 2.45) is 0 Å². The second kappa shape index (κ2) is 11.0. The number of aromatic nitrogens is 3. The third kappa shape index (κ3) is 5.01. The molecule has 0 amide bonds. The fourth-order valence-electron chi connectivity index (χ4n) is 5.85. The topological polar surface area (TPSA) is 38.7 Å². The zero-order chi connectivity index (χ0) is 29.3. The summed E-state index contributed by atoms with van der Waals surface area (Å²) < 4.78 is 0. The van der Waals surface area contributed by atoms with E-state index in [0.29, 0.717) is 0 Å². The first-order valence-electron chi connectivity index (χ1n) is 14.8. The summed E-state index contributed by atoms with van der Waals surface area (Å²) in [6.45, 7) is 0. The molecule has 206 valence electrons. The van der Waals surface area contributed by atoms with E-state index in [9.17, 15) is 0 Å². The van der Waals surface area contributed by atoms with Crippen LogP contribution >= 0.6 is 0 Å². The van der Waals surface area contributed by atoms with Gasteiger partial charge in [0.25, 0.3) is 0 Å². The van der Waals surface area contributed by atoms with Gasteiger partial charge in [-0.05, 0) is 99.4 Å². The van der Waals surface area contributed by atoms with Crippen LogP contribution < -0.4 is 0 Å². The maximum atomic E-state index is 5.25. The molecule has 3 heteroatoms. The first kappa shape index (κ1) is 25.8. The molecular weight excluding hydrogens is 534 g/mol. The van der Waals surface area contributed by atoms with E-state index in [1.807, 2.05) is 36.7 Å². The van der Waals surface area contributed by atoms with Crippen molar-refractivity contribution in [3.05, 3.63) is 164 Å². The Morgan fingerprint density at radius 2 is 0.705 bits per heavy atom. The van der Waals surface area contributed by atoms with Crippen LogP contribution in [-0.2, 0) is 0 Å². The summed E-state index contributed by atoms with van der Waals surface area (Å²) in [4.78, 5) is 14.6. The van der Waals surface area contributed by atoms with Gasteiger partial charge < -0.3 is 0 Å². The molecule has 3 heterocycles. The molecule has 3 aromatic heterocycles. The first-order valence-corrected chi connectivity index (χ1v) is 14.8. The number of rotatable bonds is 5. The Balaban J connectivity index is 1.36. The molecule has 0 aliphatic rings. The molecule has 0 saturated heterocycles. The van der Waals surface area contributed by atoms with Crippen LogP contribution in [0.15, 0.2) is 164 Å². The smallest absolute Gasteiger partial charge is 0.0715 e. The monoisotopic (exact) mass is 561 g/mol. The van der Waals surface area contributed by atoms with Crippen LogP contribution in [0.3, 0.4) is 0 Å². The van der Waals surface area contributed by atoms with Crippen molar-refractivity contribution in [3.63, 3.8) is 0 Å². The minimum absolute atomic E-state index is 0.921. The minimum atomic E-state index is 0.921. The number of hydrogen-bond acceptors (Lipinski definition) is 3. The summed E-state index contributed by atoms with van der Waals surface area (Å²) in [7, 11) is 0. The molecule has 5 aromatic carbocycles. The van der Waals surface area contributed by atoms with Crippen molar-refractivity contribution < 1.29 is 0 Å². The molecule has 0 bridgehead atoms. The summed E-state index contributed by atoms with van der Waals surface area (Å²) >= 11 is 0. The van der Waals surface area contributed by atoms with Gasteiger partial charge >= 0.3 is 0 Å². The van der Waals surface area contributed by atoms with Crippen LogP contribution in [0.4, 0.5) is 0 Å². The number of fused-ring (bicyclic) bond motifs is 2. The highest BCUT2D eigenvalue weighted by atomic mass is 14.7. The van der Waals surface area contributed by atoms with E-state index in [-0.39, 0.29) is 0 Å². The van der Waals surface area contributed by atoms with Crippen LogP contribution in [0.5, 0.6) is 0 Å². The van der Waals surface area contributed by atoms with Gasteiger partial charge in [-0.25, -0.2) is 4.98 Å². The van der Waals surface area contributed by atoms with Gasteiger partial charge in [-0.1, -0.05) is 84.9 Å². The molecule has 3 nitrogen and oxygen atoms in total. The van der Waals surface area contributed by atoms with Gasteiger partial charge in [0, 0.05) is 34.6 Å². The van der Waals surface area contributed by atoms with Crippen molar-refractivity contribution in [2.75, 3.05) is 0 Å². The van der Waals surface area contributed by atoms with Crippen molar-refractivity contribution in [1.82, 2.24) is 15.0 Å². The van der Waals surface area contributed by atoms with E-state index >= 15 is 0 Å². The summed E-state index contributed by atoms with van der Waals surface area (Å²) in [5.41, 5.74) is 10.1. The second-order valence-corrected chi connectivity index (χ2v) is 11.0. The van der Waals surface area contributed by atoms with Crippen molar-refractivity contribution in [1.29, 1.82) is 0 Å². The highest BCUT2D eigenvalue weighted by Gasteiger charge is 2.14. The summed E-state index contributed by atoms with van der Waals surface area (Å²) in [5.74, 6) is 0. The normalized spacial score (nSPS) is 11.2. The maximum absolute atomic E-state index is 5.25. The molecule has 0 fully saturated rings. The number of nitrogens with zero attached hydrogens (tertiary/aromatic N) is 3. The van der Waals surface area contributed by atoms with E-state index in [0.717, 1.165) is 56.2 Å². The SMILES string of the molecule is c1ccc(-c2cc(-c3cc(-c4ccc5ccccc5c4)nc(-c4ccc5ccccc5c4)c3)cc(-c3ccccn3)c2)nc1. The van der Waals surface area contributed by atoms with E-state index in [1.54, 1.807) is 0 Å². The fourth-order valence-corrected chi connectivity index (χ4v) is 5.85. The van der Waals surface area contributed by atoms with Crippen molar-refractivity contribution in [3.8, 4) is 56.2 Å². The van der Waals surface area contributed by atoms with Gasteiger partial charge in [0.05, 0.1) is 22.8 Å². The van der Waals surface area contributed by atoms with Gasteiger partial charge in [-0.2, -0.15) is 0 Å². The average Bonchev–Trinajstić information content (AvgIpc) is 3.11. The molecule has 0 atom stereocenters. The highest BCUT2D eigenvalue weighted by molar-refractivity contribution is 5.90. The molecule has 0 aliphatic carbocycles. The van der Waals surface area contributed by atoms with Crippen LogP contribution in [-0.4, -0.2) is 15.0 Å². The van der Waals surface area contributed by atoms with Gasteiger partial charge in [0.2, 0.25) is 0 Å². The lowest BCUT2D eigenvalue weighted by atomic mass is 9.94. The van der Waals surface area contributed by atoms with Crippen LogP contribution in [0.1, 0.15) is 0 Å². The minimum Gasteiger partial charge on any atom is -0.256 e. The van der Waals surface area contributed by atoms with E-state index in [2.05, 4.69) is 137 Å². The third-order valence-electron chi connectivity index (χ3n) is 8.10. The zero-order valence-electron chi connectivity index (χ0n) is 23.9. The standard InChI is InChI=1S/C41H27N3/c1-3-11-30-21-32(17-15-28(30)9-1)40-26-35(27-41(44-40)33-18-16-29-10-2-4-12-31(29)22-33)34-23-36(38-13-5-7-19-42-38)25-37(24-34)39-14-6-8-20-43-39/h1-27H. The Morgan fingerprint density at radius 3 is 1.18 bits per heavy atom. The molecular formula is C41H27N3. The maximum Gasteiger partial charge on any atom is 0.0715 e. The molecule has 0 unspecified atom stereocenters. The van der Waals surface area contributed by atoms with Crippen molar-refractivity contribution >= 4 is 21.5 Å². The summed E-state index contributed by atoms with van der Waals surface area (Å²) in [5, 5.41) is 4.81. The van der Waals surface area contributed by atoms with Gasteiger partial charge in [-0.15, -0.1) is 0 Å². The second-order valence-electron chi connectivity index (χ2n) is 11.0. The lowest BCUT2D eigenvalue weighted by Gasteiger charge is -2.14. The lowest BCUT2D eigenvalue weighted by Crippen LogP contribution is -1.93. The van der Waals surface area contributed by atoms with Crippen LogP contribution in [0.2, 0.25) is 0 Å². The Morgan fingerprint density at radius 1 is 0.273 bits per heavy atom. The van der Waals surface area contributed by atoms with Gasteiger partial charge in [0.15, 0.2) is 0 Å². The largest absolute Gasteiger partial charge is 0.256 e. The molecule has 0 spiro atoms. The molecule has 8 aromatic rings. The Labute approximate surface area is 256 Å². The predicted molar refractivity (Wildman–Crippen MR) is 182 cm³/mol. The van der Waals surface area contributed by atoms with E-state index in [4.69, 9.17) is 4.98 Å². The van der Waals surface area contributed by atoms with E-state index in [1.165, 1.54) is 21.5 Å². The number of hydrogen-bond donors (Lipinski definition) is 0. The molecule has 0 aliphatic heterocycles.